The number of anilines is 1. The number of piperazine rings is 1. The second kappa shape index (κ2) is 11.3. The van der Waals surface area contributed by atoms with Gasteiger partial charge in [0.2, 0.25) is 0 Å². The number of nitrogens with zero attached hydrogens (tertiary/aromatic N) is 5. The molecule has 0 radical (unpaired) electrons. The fraction of sp³-hybridized carbons (Fsp3) is 0.750. The number of fused-ring (bicyclic) bond motifs is 1. The molecule has 0 amide bonds. The normalized spacial score (nSPS) is 15.8. The number of imidazole rings is 1. The van der Waals surface area contributed by atoms with E-state index < -0.39 is 0 Å². The highest BCUT2D eigenvalue weighted by molar-refractivity contribution is 5.81. The van der Waals surface area contributed by atoms with Crippen molar-refractivity contribution in [2.75, 3.05) is 58.2 Å². The van der Waals surface area contributed by atoms with E-state index in [1.54, 1.807) is 4.57 Å². The number of nitrogens with two attached hydrogens (primary N) is 1. The molecule has 0 aliphatic carbocycles. The van der Waals surface area contributed by atoms with Crippen molar-refractivity contribution in [2.45, 2.75) is 45.6 Å². The molecule has 1 fully saturated rings. The number of aliphatic hydroxyl groups excluding tert-OH is 1. The Balaban J connectivity index is 1.48. The lowest BCUT2D eigenvalue weighted by Crippen LogP contribution is -2.47. The van der Waals surface area contributed by atoms with E-state index >= 15 is 0 Å². The number of H-pyrrole nitrogens is 1. The summed E-state index contributed by atoms with van der Waals surface area (Å²) >= 11 is 0. The Morgan fingerprint density at radius 1 is 1.03 bits per heavy atom. The molecule has 0 spiro atoms. The standard InChI is InChI=1S/C20H35N7O3/c1-2-3-15-30-19-23-17(21)16-18(24-19)27(20(29)22-16)8-6-4-5-7-25-9-11-26(12-10-25)13-14-28/h28H,2-15H2,1H3,(H,22,29)(H2,21,23,24). The van der Waals surface area contributed by atoms with Gasteiger partial charge in [0.15, 0.2) is 11.5 Å². The highest BCUT2D eigenvalue weighted by atomic mass is 16.5. The highest BCUT2D eigenvalue weighted by Gasteiger charge is 2.16. The van der Waals surface area contributed by atoms with Crippen LogP contribution in [0.4, 0.5) is 5.82 Å². The summed E-state index contributed by atoms with van der Waals surface area (Å²) in [5.74, 6) is 0.239. The number of aliphatic hydroxyl groups is 1. The maximum atomic E-state index is 12.4. The second-order valence-corrected chi connectivity index (χ2v) is 7.84. The highest BCUT2D eigenvalue weighted by Crippen LogP contribution is 2.18. The van der Waals surface area contributed by atoms with Crippen LogP contribution >= 0.6 is 0 Å². The van der Waals surface area contributed by atoms with Crippen LogP contribution in [0, 0.1) is 0 Å². The largest absolute Gasteiger partial charge is 0.463 e. The maximum Gasteiger partial charge on any atom is 0.327 e. The monoisotopic (exact) mass is 421 g/mol. The van der Waals surface area contributed by atoms with Gasteiger partial charge in [-0.15, -0.1) is 0 Å². The molecule has 3 heterocycles. The first-order valence-corrected chi connectivity index (χ1v) is 11.1. The average Bonchev–Trinajstić information content (AvgIpc) is 3.05. The number of β-amino-alcohol motifs (C(OH)–C–C–N with tert-alkyl or cyclic N) is 1. The zero-order chi connectivity index (χ0) is 21.3. The first-order chi connectivity index (χ1) is 14.6. The minimum absolute atomic E-state index is 0.211. The van der Waals surface area contributed by atoms with E-state index in [1.807, 2.05) is 0 Å². The lowest BCUT2D eigenvalue weighted by Gasteiger charge is -2.34. The fourth-order valence-electron chi connectivity index (χ4n) is 3.77. The van der Waals surface area contributed by atoms with Gasteiger partial charge in [0.25, 0.3) is 0 Å². The van der Waals surface area contributed by atoms with Crippen LogP contribution in [0.5, 0.6) is 6.01 Å². The Labute approximate surface area is 177 Å². The van der Waals surface area contributed by atoms with Crippen LogP contribution < -0.4 is 16.2 Å². The molecule has 0 saturated carbocycles. The van der Waals surface area contributed by atoms with E-state index in [4.69, 9.17) is 15.6 Å². The third-order valence-corrected chi connectivity index (χ3v) is 5.60. The quantitative estimate of drug-likeness (QED) is 0.427. The van der Waals surface area contributed by atoms with Gasteiger partial charge in [0.05, 0.1) is 13.2 Å². The molecule has 3 rings (SSSR count). The first-order valence-electron chi connectivity index (χ1n) is 11.1. The van der Waals surface area contributed by atoms with E-state index in [0.717, 1.165) is 71.4 Å². The lowest BCUT2D eigenvalue weighted by atomic mass is 10.2. The van der Waals surface area contributed by atoms with Gasteiger partial charge >= 0.3 is 11.7 Å². The van der Waals surface area contributed by atoms with Crippen molar-refractivity contribution in [3.63, 3.8) is 0 Å². The molecule has 10 nitrogen and oxygen atoms in total. The number of rotatable bonds is 12. The number of aryl methyl sites for hydroxylation is 1. The van der Waals surface area contributed by atoms with Crippen LogP contribution in [0.25, 0.3) is 11.2 Å². The smallest absolute Gasteiger partial charge is 0.327 e. The van der Waals surface area contributed by atoms with Crippen molar-refractivity contribution in [3.8, 4) is 6.01 Å². The number of nitrogens with one attached hydrogen (secondary N) is 1. The average molecular weight is 422 g/mol. The van der Waals surface area contributed by atoms with Gasteiger partial charge < -0.3 is 25.5 Å². The third kappa shape index (κ3) is 5.93. The summed E-state index contributed by atoms with van der Waals surface area (Å²) in [5, 5.41) is 9.02. The number of aromatic nitrogens is 4. The number of hydrogen-bond acceptors (Lipinski definition) is 8. The molecular weight excluding hydrogens is 386 g/mol. The molecule has 30 heavy (non-hydrogen) atoms. The Bertz CT molecular complexity index is 843. The molecule has 1 aliphatic rings. The maximum absolute atomic E-state index is 12.4. The summed E-state index contributed by atoms with van der Waals surface area (Å²) in [6.07, 6.45) is 4.96. The summed E-state index contributed by atoms with van der Waals surface area (Å²) in [6.45, 7) is 9.44. The van der Waals surface area contributed by atoms with Gasteiger partial charge in [-0.1, -0.05) is 19.8 Å². The molecule has 2 aromatic rings. The third-order valence-electron chi connectivity index (χ3n) is 5.60. The summed E-state index contributed by atoms with van der Waals surface area (Å²) < 4.78 is 7.21. The Morgan fingerprint density at radius 2 is 1.73 bits per heavy atom. The van der Waals surface area contributed by atoms with Crippen molar-refractivity contribution in [1.29, 1.82) is 0 Å². The molecule has 1 saturated heterocycles. The molecule has 1 aliphatic heterocycles. The van der Waals surface area contributed by atoms with Crippen molar-refractivity contribution in [3.05, 3.63) is 10.5 Å². The fourth-order valence-corrected chi connectivity index (χ4v) is 3.77. The molecule has 4 N–H and O–H groups in total. The second-order valence-electron chi connectivity index (χ2n) is 7.84. The first kappa shape index (κ1) is 22.5. The number of hydrogen-bond donors (Lipinski definition) is 3. The zero-order valence-corrected chi connectivity index (χ0v) is 18.0. The van der Waals surface area contributed by atoms with E-state index in [0.29, 0.717) is 24.3 Å². The minimum Gasteiger partial charge on any atom is -0.463 e. The van der Waals surface area contributed by atoms with Gasteiger partial charge in [0.1, 0.15) is 5.52 Å². The van der Waals surface area contributed by atoms with E-state index in [-0.39, 0.29) is 24.1 Å². The van der Waals surface area contributed by atoms with E-state index in [9.17, 15) is 4.79 Å². The van der Waals surface area contributed by atoms with Gasteiger partial charge in [-0.25, -0.2) is 4.79 Å². The topological polar surface area (TPSA) is 126 Å². The SMILES string of the molecule is CCCCOc1nc(N)c2[nH]c(=O)n(CCCCCN3CCN(CCO)CC3)c2n1. The van der Waals surface area contributed by atoms with Crippen LogP contribution in [0.15, 0.2) is 4.79 Å². The van der Waals surface area contributed by atoms with E-state index in [2.05, 4.69) is 31.7 Å². The predicted molar refractivity (Wildman–Crippen MR) is 117 cm³/mol. The van der Waals surface area contributed by atoms with Crippen LogP contribution in [-0.4, -0.2) is 86.9 Å². The summed E-state index contributed by atoms with van der Waals surface area (Å²) in [5.41, 5.74) is 6.77. The molecule has 0 aromatic carbocycles. The molecule has 168 valence electrons. The zero-order valence-electron chi connectivity index (χ0n) is 18.0. The van der Waals surface area contributed by atoms with Crippen LogP contribution in [0.3, 0.4) is 0 Å². The molecule has 2 aromatic heterocycles. The van der Waals surface area contributed by atoms with Crippen LogP contribution in [-0.2, 0) is 6.54 Å². The minimum atomic E-state index is -0.211. The Hall–Kier alpha value is -2.17. The Kier molecular flexibility index (Phi) is 8.47. The van der Waals surface area contributed by atoms with Crippen LogP contribution in [0.1, 0.15) is 39.0 Å². The molecular formula is C20H35N7O3. The van der Waals surface area contributed by atoms with Gasteiger partial charge in [0, 0.05) is 39.3 Å². The summed E-state index contributed by atoms with van der Waals surface area (Å²) in [6, 6.07) is 0.224. The van der Waals surface area contributed by atoms with Gasteiger partial charge in [-0.2, -0.15) is 9.97 Å². The number of nitrogen functional groups attached to an aromatic ring is 1. The van der Waals surface area contributed by atoms with Gasteiger partial charge in [-0.3, -0.25) is 9.47 Å². The number of unbranched alkanes of at least 4 members (excludes halogenated alkanes) is 3. The molecule has 0 atom stereocenters. The van der Waals surface area contributed by atoms with Gasteiger partial charge in [-0.05, 0) is 25.8 Å². The van der Waals surface area contributed by atoms with Crippen molar-refractivity contribution in [1.82, 2.24) is 29.3 Å². The summed E-state index contributed by atoms with van der Waals surface area (Å²) in [7, 11) is 0. The molecule has 10 heteroatoms. The Morgan fingerprint density at radius 3 is 2.43 bits per heavy atom. The number of aromatic amines is 1. The van der Waals surface area contributed by atoms with Crippen LogP contribution in [0.2, 0.25) is 0 Å². The molecule has 0 unspecified atom stereocenters. The van der Waals surface area contributed by atoms with Crippen molar-refractivity contribution >= 4 is 17.0 Å². The number of ether oxygens (including phenoxy) is 1. The summed E-state index contributed by atoms with van der Waals surface area (Å²) in [4.78, 5) is 28.5. The predicted octanol–water partition coefficient (Wildman–Crippen LogP) is 0.661. The van der Waals surface area contributed by atoms with E-state index in [1.165, 1.54) is 0 Å². The molecule has 0 bridgehead atoms. The van der Waals surface area contributed by atoms with Crippen molar-refractivity contribution < 1.29 is 9.84 Å². The lowest BCUT2D eigenvalue weighted by molar-refractivity contribution is 0.111. The van der Waals surface area contributed by atoms with Crippen molar-refractivity contribution in [2.24, 2.45) is 0 Å².